The summed E-state index contributed by atoms with van der Waals surface area (Å²) in [5.41, 5.74) is 2.11. The number of benzene rings is 1. The first kappa shape index (κ1) is 23.1. The van der Waals surface area contributed by atoms with Crippen LogP contribution in [0.5, 0.6) is 0 Å². The third-order valence-electron chi connectivity index (χ3n) is 5.79. The number of sulfonamides is 1. The highest BCUT2D eigenvalue weighted by Crippen LogP contribution is 2.23. The minimum atomic E-state index is -3.46. The van der Waals surface area contributed by atoms with Crippen molar-refractivity contribution < 1.29 is 13.2 Å². The lowest BCUT2D eigenvalue weighted by molar-refractivity contribution is 0.0949. The highest BCUT2D eigenvalue weighted by atomic mass is 32.2. The summed E-state index contributed by atoms with van der Waals surface area (Å²) in [6.07, 6.45) is 6.13. The number of rotatable bonds is 7. The summed E-state index contributed by atoms with van der Waals surface area (Å²) in [6, 6.07) is 12.3. The molecule has 3 aromatic rings. The second kappa shape index (κ2) is 9.84. The number of piperidine rings is 1. The molecule has 3 heterocycles. The maximum atomic E-state index is 12.9. The van der Waals surface area contributed by atoms with E-state index in [2.05, 4.69) is 15.4 Å². The molecule has 174 valence electrons. The van der Waals surface area contributed by atoms with Crippen LogP contribution in [0.25, 0.3) is 5.82 Å². The highest BCUT2D eigenvalue weighted by molar-refractivity contribution is 7.89. The molecule has 33 heavy (non-hydrogen) atoms. The quantitative estimate of drug-likeness (QED) is 0.574. The zero-order valence-electron chi connectivity index (χ0n) is 18.9. The summed E-state index contributed by atoms with van der Waals surface area (Å²) in [5, 5.41) is 7.31. The van der Waals surface area contributed by atoms with Crippen molar-refractivity contribution in [3.63, 3.8) is 0 Å². The van der Waals surface area contributed by atoms with Crippen molar-refractivity contribution in [1.82, 2.24) is 24.4 Å². The van der Waals surface area contributed by atoms with Crippen LogP contribution in [0.4, 0.5) is 0 Å². The normalized spacial score (nSPS) is 15.0. The molecule has 1 fully saturated rings. The van der Waals surface area contributed by atoms with Crippen LogP contribution in [-0.2, 0) is 16.6 Å². The molecule has 0 unspecified atom stereocenters. The molecule has 1 amide bonds. The average Bonchev–Trinajstić information content (AvgIpc) is 3.30. The van der Waals surface area contributed by atoms with Crippen molar-refractivity contribution in [2.24, 2.45) is 0 Å². The van der Waals surface area contributed by atoms with Crippen molar-refractivity contribution in [1.29, 1.82) is 0 Å². The largest absolute Gasteiger partial charge is 0.348 e. The molecule has 0 bridgehead atoms. The van der Waals surface area contributed by atoms with E-state index in [1.165, 1.54) is 0 Å². The van der Waals surface area contributed by atoms with Crippen molar-refractivity contribution in [3.05, 3.63) is 71.7 Å². The number of aromatic nitrogens is 3. The van der Waals surface area contributed by atoms with Gasteiger partial charge >= 0.3 is 0 Å². The van der Waals surface area contributed by atoms with Crippen LogP contribution in [0.1, 0.15) is 60.6 Å². The molecular formula is C24H29N5O3S. The number of hydrogen-bond donors (Lipinski definition) is 1. The van der Waals surface area contributed by atoms with Gasteiger partial charge in [0.25, 0.3) is 5.91 Å². The minimum Gasteiger partial charge on any atom is -0.348 e. The molecular weight excluding hydrogens is 438 g/mol. The number of hydrogen-bond acceptors (Lipinski definition) is 5. The van der Waals surface area contributed by atoms with E-state index in [9.17, 15) is 13.2 Å². The SMILES string of the molecule is CC(C)c1c(C(=O)NCc2ccc(S(=O)(=O)N3CCCCC3)cc2)cnn1-c1ccccn1. The molecule has 1 saturated heterocycles. The van der Waals surface area contributed by atoms with Gasteiger partial charge in [0.2, 0.25) is 10.0 Å². The van der Waals surface area contributed by atoms with E-state index in [-0.39, 0.29) is 18.4 Å². The predicted octanol–water partition coefficient (Wildman–Crippen LogP) is 3.50. The lowest BCUT2D eigenvalue weighted by Crippen LogP contribution is -2.35. The van der Waals surface area contributed by atoms with Gasteiger partial charge in [-0.1, -0.05) is 38.5 Å². The summed E-state index contributed by atoms with van der Waals surface area (Å²) < 4.78 is 28.9. The zero-order chi connectivity index (χ0) is 23.4. The molecule has 1 N–H and O–H groups in total. The molecule has 0 atom stereocenters. The van der Waals surface area contributed by atoms with Gasteiger partial charge in [0.1, 0.15) is 0 Å². The minimum absolute atomic E-state index is 0.0644. The van der Waals surface area contributed by atoms with Crippen LogP contribution in [0.15, 0.2) is 59.8 Å². The second-order valence-corrected chi connectivity index (χ2v) is 10.4. The number of nitrogens with one attached hydrogen (secondary N) is 1. The molecule has 1 aromatic carbocycles. The van der Waals surface area contributed by atoms with Crippen LogP contribution >= 0.6 is 0 Å². The van der Waals surface area contributed by atoms with Crippen LogP contribution in [0.2, 0.25) is 0 Å². The molecule has 8 nitrogen and oxygen atoms in total. The van der Waals surface area contributed by atoms with Crippen molar-refractivity contribution in [2.45, 2.75) is 50.5 Å². The molecule has 4 rings (SSSR count). The van der Waals surface area contributed by atoms with Gasteiger partial charge in [0.05, 0.1) is 22.3 Å². The summed E-state index contributed by atoms with van der Waals surface area (Å²) in [5.74, 6) is 0.492. The summed E-state index contributed by atoms with van der Waals surface area (Å²) in [6.45, 7) is 5.45. The number of nitrogens with zero attached hydrogens (tertiary/aromatic N) is 4. The lowest BCUT2D eigenvalue weighted by atomic mass is 10.1. The topological polar surface area (TPSA) is 97.2 Å². The van der Waals surface area contributed by atoms with Gasteiger partial charge in [-0.25, -0.2) is 18.1 Å². The smallest absolute Gasteiger partial charge is 0.255 e. The average molecular weight is 468 g/mol. The third-order valence-corrected chi connectivity index (χ3v) is 7.71. The van der Waals surface area contributed by atoms with Crippen LogP contribution < -0.4 is 5.32 Å². The number of carbonyl (C=O) groups is 1. The highest BCUT2D eigenvalue weighted by Gasteiger charge is 2.26. The molecule has 2 aromatic heterocycles. The van der Waals surface area contributed by atoms with E-state index in [0.717, 1.165) is 30.5 Å². The van der Waals surface area contributed by atoms with Gasteiger partial charge in [0.15, 0.2) is 5.82 Å². The van der Waals surface area contributed by atoms with E-state index in [0.29, 0.717) is 29.4 Å². The Morgan fingerprint density at radius 3 is 2.42 bits per heavy atom. The van der Waals surface area contributed by atoms with Gasteiger partial charge in [0, 0.05) is 25.8 Å². The second-order valence-electron chi connectivity index (χ2n) is 8.49. The van der Waals surface area contributed by atoms with Gasteiger partial charge in [-0.3, -0.25) is 4.79 Å². The van der Waals surface area contributed by atoms with Crippen molar-refractivity contribution >= 4 is 15.9 Å². The van der Waals surface area contributed by atoms with Gasteiger partial charge in [-0.15, -0.1) is 0 Å². The van der Waals surface area contributed by atoms with Crippen LogP contribution in [-0.4, -0.2) is 46.5 Å². The maximum Gasteiger partial charge on any atom is 0.255 e. The molecule has 0 saturated carbocycles. The fraction of sp³-hybridized carbons (Fsp3) is 0.375. The molecule has 1 aliphatic heterocycles. The standard InChI is InChI=1S/C24H29N5O3S/c1-18(2)23-21(17-27-29(23)22-8-4-5-13-25-22)24(30)26-16-19-9-11-20(12-10-19)33(31,32)28-14-6-3-7-15-28/h4-5,8-13,17-18H,3,6-7,14-16H2,1-2H3,(H,26,30). The van der Waals surface area contributed by atoms with Gasteiger partial charge in [-0.2, -0.15) is 9.40 Å². The predicted molar refractivity (Wildman–Crippen MR) is 126 cm³/mol. The number of carbonyl (C=O) groups excluding carboxylic acids is 1. The van der Waals surface area contributed by atoms with Crippen molar-refractivity contribution in [3.8, 4) is 5.82 Å². The Labute approximate surface area is 194 Å². The first-order valence-corrected chi connectivity index (χ1v) is 12.7. The van der Waals surface area contributed by atoms with E-state index in [1.807, 2.05) is 32.0 Å². The maximum absolute atomic E-state index is 12.9. The number of amides is 1. The molecule has 0 spiro atoms. The Bertz CT molecular complexity index is 1200. The van der Waals surface area contributed by atoms with Crippen LogP contribution in [0, 0.1) is 0 Å². The number of pyridine rings is 1. The van der Waals surface area contributed by atoms with E-state index in [4.69, 9.17) is 0 Å². The Morgan fingerprint density at radius 2 is 1.79 bits per heavy atom. The lowest BCUT2D eigenvalue weighted by Gasteiger charge is -2.25. The Kier molecular flexibility index (Phi) is 6.90. The first-order chi connectivity index (χ1) is 15.9. The fourth-order valence-corrected chi connectivity index (χ4v) is 5.58. The summed E-state index contributed by atoms with van der Waals surface area (Å²) in [7, 11) is -3.46. The van der Waals surface area contributed by atoms with E-state index >= 15 is 0 Å². The molecule has 0 radical (unpaired) electrons. The fourth-order valence-electron chi connectivity index (χ4n) is 4.06. The van der Waals surface area contributed by atoms with Gasteiger partial charge < -0.3 is 5.32 Å². The zero-order valence-corrected chi connectivity index (χ0v) is 19.8. The monoisotopic (exact) mass is 467 g/mol. The summed E-state index contributed by atoms with van der Waals surface area (Å²) in [4.78, 5) is 17.6. The first-order valence-electron chi connectivity index (χ1n) is 11.2. The molecule has 1 aliphatic rings. The Morgan fingerprint density at radius 1 is 1.06 bits per heavy atom. The van der Waals surface area contributed by atoms with E-state index in [1.54, 1.807) is 45.6 Å². The summed E-state index contributed by atoms with van der Waals surface area (Å²) >= 11 is 0. The Hall–Kier alpha value is -3.04. The molecule has 9 heteroatoms. The van der Waals surface area contributed by atoms with Crippen LogP contribution in [0.3, 0.4) is 0 Å². The molecule has 0 aliphatic carbocycles. The third kappa shape index (κ3) is 4.99. The van der Waals surface area contributed by atoms with Crippen molar-refractivity contribution in [2.75, 3.05) is 13.1 Å². The Balaban J connectivity index is 1.46. The van der Waals surface area contributed by atoms with E-state index < -0.39 is 10.0 Å². The van der Waals surface area contributed by atoms with Gasteiger partial charge in [-0.05, 0) is 48.6 Å².